The zero-order valence-electron chi connectivity index (χ0n) is 16.2. The molecule has 0 spiro atoms. The lowest BCUT2D eigenvalue weighted by Gasteiger charge is -2.49. The van der Waals surface area contributed by atoms with E-state index in [-0.39, 0.29) is 12.5 Å². The molecule has 6 nitrogen and oxygen atoms in total. The van der Waals surface area contributed by atoms with Gasteiger partial charge in [0, 0.05) is 30.9 Å². The van der Waals surface area contributed by atoms with E-state index in [0.29, 0.717) is 30.9 Å². The quantitative estimate of drug-likeness (QED) is 0.774. The Hall–Kier alpha value is -1.61. The van der Waals surface area contributed by atoms with Crippen LogP contribution in [0.4, 0.5) is 13.2 Å². The molecule has 0 radical (unpaired) electrons. The Morgan fingerprint density at radius 2 is 1.89 bits per heavy atom. The zero-order valence-corrected chi connectivity index (χ0v) is 16.2. The van der Waals surface area contributed by atoms with Crippen molar-refractivity contribution in [1.82, 2.24) is 24.5 Å². The number of aromatic nitrogens is 2. The van der Waals surface area contributed by atoms with Gasteiger partial charge in [-0.15, -0.1) is 0 Å². The van der Waals surface area contributed by atoms with Crippen LogP contribution >= 0.6 is 0 Å². The average molecular weight is 387 g/mol. The van der Waals surface area contributed by atoms with E-state index in [1.165, 1.54) is 6.92 Å². The second-order valence-corrected chi connectivity index (χ2v) is 7.64. The van der Waals surface area contributed by atoms with Crippen molar-refractivity contribution < 1.29 is 18.0 Å². The van der Waals surface area contributed by atoms with Gasteiger partial charge in [0.15, 0.2) is 5.69 Å². The third kappa shape index (κ3) is 4.45. The summed E-state index contributed by atoms with van der Waals surface area (Å²) in [5.74, 6) is -0.175. The summed E-state index contributed by atoms with van der Waals surface area (Å²) in [5, 5.41) is 3.54. The molecule has 2 aliphatic heterocycles. The van der Waals surface area contributed by atoms with Crippen molar-refractivity contribution in [2.75, 3.05) is 39.8 Å². The van der Waals surface area contributed by atoms with Crippen molar-refractivity contribution in [3.63, 3.8) is 0 Å². The molecule has 27 heavy (non-hydrogen) atoms. The van der Waals surface area contributed by atoms with E-state index in [0.717, 1.165) is 43.2 Å². The Kier molecular flexibility index (Phi) is 5.81. The van der Waals surface area contributed by atoms with Crippen molar-refractivity contribution in [2.45, 2.75) is 51.5 Å². The second-order valence-electron chi connectivity index (χ2n) is 7.64. The maximum atomic E-state index is 12.8. The van der Waals surface area contributed by atoms with Crippen molar-refractivity contribution in [1.29, 1.82) is 0 Å². The smallest absolute Gasteiger partial charge is 0.338 e. The summed E-state index contributed by atoms with van der Waals surface area (Å²) >= 11 is 0. The number of nitrogens with zero attached hydrogens (tertiary/aromatic N) is 5. The summed E-state index contributed by atoms with van der Waals surface area (Å²) in [5.41, 5.74) is -0.608. The third-order valence-electron chi connectivity index (χ3n) is 5.76. The number of aryl methyl sites for hydroxylation is 1. The number of rotatable bonds is 5. The molecule has 1 amide bonds. The lowest BCUT2D eigenvalue weighted by atomic mass is 9.98. The Morgan fingerprint density at radius 1 is 1.26 bits per heavy atom. The van der Waals surface area contributed by atoms with Gasteiger partial charge in [0.25, 0.3) is 0 Å². The van der Waals surface area contributed by atoms with Gasteiger partial charge in [-0.1, -0.05) is 6.92 Å². The molecule has 0 N–H and O–H groups in total. The molecule has 0 aromatic carbocycles. The minimum Gasteiger partial charge on any atom is -0.338 e. The highest BCUT2D eigenvalue weighted by Gasteiger charge is 2.38. The molecule has 2 fully saturated rings. The normalized spacial score (nSPS) is 20.3. The van der Waals surface area contributed by atoms with E-state index in [1.54, 1.807) is 4.90 Å². The number of likely N-dealkylation sites (tertiary alicyclic amines) is 2. The van der Waals surface area contributed by atoms with Crippen LogP contribution in [0.5, 0.6) is 0 Å². The maximum absolute atomic E-state index is 12.8. The van der Waals surface area contributed by atoms with Crippen LogP contribution in [0.15, 0.2) is 6.07 Å². The number of piperidine rings is 1. The maximum Gasteiger partial charge on any atom is 0.435 e. The second kappa shape index (κ2) is 7.79. The topological polar surface area (TPSA) is 44.6 Å². The highest BCUT2D eigenvalue weighted by Crippen LogP contribution is 2.28. The number of carbonyl (C=O) groups excluding carboxylic acids is 1. The molecule has 1 aromatic heterocycles. The van der Waals surface area contributed by atoms with Gasteiger partial charge in [-0.25, -0.2) is 0 Å². The number of hydrogen-bond donors (Lipinski definition) is 0. The highest BCUT2D eigenvalue weighted by atomic mass is 19.4. The Labute approximate surface area is 157 Å². The molecule has 2 saturated heterocycles. The van der Waals surface area contributed by atoms with Gasteiger partial charge < -0.3 is 9.80 Å². The van der Waals surface area contributed by atoms with Crippen molar-refractivity contribution in [2.24, 2.45) is 0 Å². The van der Waals surface area contributed by atoms with Crippen molar-refractivity contribution >= 4 is 5.91 Å². The van der Waals surface area contributed by atoms with Crippen molar-refractivity contribution in [3.05, 3.63) is 17.5 Å². The van der Waals surface area contributed by atoms with E-state index >= 15 is 0 Å². The van der Waals surface area contributed by atoms with Crippen LogP contribution in [-0.4, -0.2) is 82.2 Å². The van der Waals surface area contributed by atoms with Gasteiger partial charge in [0.05, 0.1) is 0 Å². The Morgan fingerprint density at radius 3 is 2.41 bits per heavy atom. The number of likely N-dealkylation sites (N-methyl/N-ethyl adjacent to an activating group) is 1. The van der Waals surface area contributed by atoms with Crippen LogP contribution in [0.3, 0.4) is 0 Å². The molecule has 0 saturated carbocycles. The molecule has 9 heteroatoms. The van der Waals surface area contributed by atoms with Crippen molar-refractivity contribution in [3.8, 4) is 0 Å². The monoisotopic (exact) mass is 387 g/mol. The molecule has 0 unspecified atom stereocenters. The van der Waals surface area contributed by atoms with Gasteiger partial charge in [0.2, 0.25) is 5.91 Å². The molecule has 3 rings (SSSR count). The fraction of sp³-hybridized carbons (Fsp3) is 0.778. The molecular weight excluding hydrogens is 359 g/mol. The van der Waals surface area contributed by atoms with Crippen LogP contribution in [0.25, 0.3) is 0 Å². The molecule has 0 atom stereocenters. The molecule has 1 aromatic rings. The van der Waals surface area contributed by atoms with E-state index < -0.39 is 11.9 Å². The molecule has 2 aliphatic rings. The fourth-order valence-electron chi connectivity index (χ4n) is 4.05. The summed E-state index contributed by atoms with van der Waals surface area (Å²) in [6.45, 7) is 7.97. The standard InChI is InChI=1S/C18H28F3N5O/c1-4-25(14-5-7-23(3)8-6-14)15-10-24(11-15)17(27)12-26-13(2)9-16(22-26)18(19,20)21/h9,14-15H,4-8,10-12H2,1-3H3. The number of carbonyl (C=O) groups is 1. The molecular formula is C18H28F3N5O. The average Bonchev–Trinajstić information content (AvgIpc) is 2.92. The van der Waals surface area contributed by atoms with Crippen LogP contribution < -0.4 is 0 Å². The van der Waals surface area contributed by atoms with Gasteiger partial charge >= 0.3 is 6.18 Å². The predicted molar refractivity (Wildman–Crippen MR) is 95.2 cm³/mol. The Bertz CT molecular complexity index is 660. The molecule has 0 aliphatic carbocycles. The van der Waals surface area contributed by atoms with E-state index in [9.17, 15) is 18.0 Å². The first-order valence-electron chi connectivity index (χ1n) is 9.52. The third-order valence-corrected chi connectivity index (χ3v) is 5.76. The summed E-state index contributed by atoms with van der Waals surface area (Å²) in [7, 11) is 2.14. The van der Waals surface area contributed by atoms with E-state index in [4.69, 9.17) is 0 Å². The van der Waals surface area contributed by atoms with E-state index in [1.807, 2.05) is 0 Å². The number of amides is 1. The molecule has 3 heterocycles. The number of alkyl halides is 3. The summed E-state index contributed by atoms with van der Waals surface area (Å²) < 4.78 is 39.4. The first-order valence-corrected chi connectivity index (χ1v) is 9.52. The van der Waals surface area contributed by atoms with Crippen LogP contribution in [0.1, 0.15) is 31.2 Å². The summed E-state index contributed by atoms with van der Waals surface area (Å²) in [6.07, 6.45) is -2.21. The molecule has 152 valence electrons. The first-order chi connectivity index (χ1) is 12.7. The minimum absolute atomic E-state index is 0.144. The molecule has 0 bridgehead atoms. The SMILES string of the molecule is CCN(C1CCN(C)CC1)C1CN(C(=O)Cn2nc(C(F)(F)F)cc2C)C1. The highest BCUT2D eigenvalue weighted by molar-refractivity contribution is 5.77. The summed E-state index contributed by atoms with van der Waals surface area (Å²) in [4.78, 5) is 19.0. The lowest BCUT2D eigenvalue weighted by molar-refractivity contribution is -0.143. The van der Waals surface area contributed by atoms with Gasteiger partial charge in [0.1, 0.15) is 6.54 Å². The van der Waals surface area contributed by atoms with Crippen LogP contribution in [-0.2, 0) is 17.5 Å². The minimum atomic E-state index is -4.49. The van der Waals surface area contributed by atoms with Gasteiger partial charge in [-0.05, 0) is 52.5 Å². The van der Waals surface area contributed by atoms with Gasteiger partial charge in [-0.2, -0.15) is 18.3 Å². The lowest BCUT2D eigenvalue weighted by Crippen LogP contribution is -2.64. The first kappa shape index (κ1) is 20.1. The largest absolute Gasteiger partial charge is 0.435 e. The van der Waals surface area contributed by atoms with E-state index in [2.05, 4.69) is 28.9 Å². The number of halogens is 3. The van der Waals surface area contributed by atoms with Crippen LogP contribution in [0.2, 0.25) is 0 Å². The Balaban J connectivity index is 1.53. The summed E-state index contributed by atoms with van der Waals surface area (Å²) in [6, 6.07) is 1.87. The number of hydrogen-bond acceptors (Lipinski definition) is 4. The fourth-order valence-corrected chi connectivity index (χ4v) is 4.05. The predicted octanol–water partition coefficient (Wildman–Crippen LogP) is 1.84. The zero-order chi connectivity index (χ0) is 19.8. The van der Waals surface area contributed by atoms with Gasteiger partial charge in [-0.3, -0.25) is 14.4 Å². The van der Waals surface area contributed by atoms with Crippen LogP contribution in [0, 0.1) is 6.92 Å².